The second-order valence-corrected chi connectivity index (χ2v) is 9.84. The molecule has 1 aliphatic carbocycles. The van der Waals surface area contributed by atoms with Crippen LogP contribution < -0.4 is 0 Å². The minimum absolute atomic E-state index is 0.126. The molecule has 0 atom stereocenters. The van der Waals surface area contributed by atoms with Crippen molar-refractivity contribution in [2.75, 3.05) is 13.1 Å². The number of carbonyl (C=O) groups excluding carboxylic acids is 1. The Kier molecular flexibility index (Phi) is 5.16. The van der Waals surface area contributed by atoms with Crippen LogP contribution >= 0.6 is 0 Å². The average molecular weight is 440 g/mol. The van der Waals surface area contributed by atoms with E-state index < -0.39 is 5.60 Å². The van der Waals surface area contributed by atoms with Crippen molar-refractivity contribution in [2.45, 2.75) is 70.1 Å². The summed E-state index contributed by atoms with van der Waals surface area (Å²) in [4.78, 5) is 18.7. The Morgan fingerprint density at radius 1 is 1.22 bits per heavy atom. The van der Waals surface area contributed by atoms with Crippen molar-refractivity contribution in [3.63, 3.8) is 0 Å². The highest BCUT2D eigenvalue weighted by molar-refractivity contribution is 5.83. The van der Waals surface area contributed by atoms with Crippen molar-refractivity contribution in [3.05, 3.63) is 30.3 Å². The average Bonchev–Trinajstić information content (AvgIpc) is 3.37. The number of aliphatic hydroxyl groups excluding tert-OH is 1. The number of hydrogen-bond donors (Lipinski definition) is 1. The molecule has 2 fully saturated rings. The normalized spacial score (nSPS) is 22.2. The van der Waals surface area contributed by atoms with E-state index in [0.29, 0.717) is 24.8 Å². The maximum absolute atomic E-state index is 12.3. The first-order chi connectivity index (χ1) is 15.3. The first kappa shape index (κ1) is 20.9. The second kappa shape index (κ2) is 7.88. The minimum Gasteiger partial charge on any atom is -0.444 e. The summed E-state index contributed by atoms with van der Waals surface area (Å²) in [6.45, 7) is 6.83. The van der Waals surface area contributed by atoms with Crippen molar-refractivity contribution in [3.8, 4) is 11.4 Å². The first-order valence-electron chi connectivity index (χ1n) is 11.2. The van der Waals surface area contributed by atoms with E-state index >= 15 is 0 Å². The number of fused-ring (bicyclic) bond motifs is 1. The van der Waals surface area contributed by atoms with Crippen molar-refractivity contribution < 1.29 is 19.2 Å². The van der Waals surface area contributed by atoms with E-state index in [1.165, 1.54) is 0 Å². The topological polar surface area (TPSA) is 107 Å². The van der Waals surface area contributed by atoms with Gasteiger partial charge in [-0.1, -0.05) is 17.3 Å². The Bertz CT molecular complexity index is 1120. The number of nitrogens with zero attached hydrogens (tertiary/aromatic N) is 5. The molecule has 3 aromatic rings. The van der Waals surface area contributed by atoms with E-state index in [2.05, 4.69) is 15.2 Å². The second-order valence-electron chi connectivity index (χ2n) is 9.84. The number of aliphatic hydroxyl groups is 1. The van der Waals surface area contributed by atoms with Crippen molar-refractivity contribution in [1.29, 1.82) is 0 Å². The molecule has 1 amide bonds. The third kappa shape index (κ3) is 4.09. The van der Waals surface area contributed by atoms with E-state index in [9.17, 15) is 9.90 Å². The standard InChI is InChI=1S/C23H29N5O4/c1-23(2,3)31-22(30)27-8-6-14(7-9-27)21-25-20(26-32-21)15-4-5-16-13-24-28(19(16)10-15)17-11-18(29)12-17/h4-5,10,13-14,17-18,29H,6-9,11-12H2,1-3H3/t17-,18+. The highest BCUT2D eigenvalue weighted by Gasteiger charge is 2.31. The maximum Gasteiger partial charge on any atom is 0.410 e. The number of ether oxygens (including phenoxy) is 1. The Morgan fingerprint density at radius 2 is 1.97 bits per heavy atom. The number of amides is 1. The third-order valence-corrected chi connectivity index (χ3v) is 6.23. The predicted octanol–water partition coefficient (Wildman–Crippen LogP) is 3.90. The Labute approximate surface area is 186 Å². The molecular weight excluding hydrogens is 410 g/mol. The van der Waals surface area contributed by atoms with Gasteiger partial charge in [-0.15, -0.1) is 0 Å². The van der Waals surface area contributed by atoms with E-state index in [1.54, 1.807) is 4.90 Å². The van der Waals surface area contributed by atoms with Crippen LogP contribution in [0.15, 0.2) is 28.9 Å². The molecule has 1 saturated heterocycles. The summed E-state index contributed by atoms with van der Waals surface area (Å²) in [5, 5.41) is 19.4. The molecule has 1 aromatic carbocycles. The van der Waals surface area contributed by atoms with E-state index in [1.807, 2.05) is 49.8 Å². The lowest BCUT2D eigenvalue weighted by molar-refractivity contribution is 0.0198. The van der Waals surface area contributed by atoms with E-state index in [4.69, 9.17) is 9.26 Å². The summed E-state index contributed by atoms with van der Waals surface area (Å²) < 4.78 is 13.1. The lowest BCUT2D eigenvalue weighted by Crippen LogP contribution is -2.41. The van der Waals surface area contributed by atoms with Gasteiger partial charge in [-0.3, -0.25) is 4.68 Å². The first-order valence-corrected chi connectivity index (χ1v) is 11.2. The van der Waals surface area contributed by atoms with Crippen LogP contribution in [0.5, 0.6) is 0 Å². The number of benzene rings is 1. The molecule has 0 radical (unpaired) electrons. The summed E-state index contributed by atoms with van der Waals surface area (Å²) in [6.07, 6.45) is 4.33. The Balaban J connectivity index is 1.28. The monoisotopic (exact) mass is 439 g/mol. The largest absolute Gasteiger partial charge is 0.444 e. The van der Waals surface area contributed by atoms with Crippen molar-refractivity contribution >= 4 is 17.0 Å². The fourth-order valence-electron chi connectivity index (χ4n) is 4.38. The van der Waals surface area contributed by atoms with Gasteiger partial charge >= 0.3 is 6.09 Å². The van der Waals surface area contributed by atoms with Crippen LogP contribution in [0.2, 0.25) is 0 Å². The van der Waals surface area contributed by atoms with Crippen LogP contribution in [0.25, 0.3) is 22.3 Å². The van der Waals surface area contributed by atoms with Gasteiger partial charge in [0, 0.05) is 30.0 Å². The molecule has 170 valence electrons. The van der Waals surface area contributed by atoms with Gasteiger partial charge in [0.2, 0.25) is 11.7 Å². The number of hydrogen-bond acceptors (Lipinski definition) is 7. The molecule has 2 aliphatic rings. The zero-order chi connectivity index (χ0) is 22.5. The van der Waals surface area contributed by atoms with Crippen LogP contribution in [0.3, 0.4) is 0 Å². The number of rotatable bonds is 3. The lowest BCUT2D eigenvalue weighted by Gasteiger charge is -2.32. The van der Waals surface area contributed by atoms with Gasteiger partial charge in [0.05, 0.1) is 23.9 Å². The molecule has 0 spiro atoms. The lowest BCUT2D eigenvalue weighted by atomic mass is 9.89. The highest BCUT2D eigenvalue weighted by Crippen LogP contribution is 2.35. The number of carbonyl (C=O) groups is 1. The van der Waals surface area contributed by atoms with Gasteiger partial charge in [0.1, 0.15) is 5.60 Å². The minimum atomic E-state index is -0.496. The predicted molar refractivity (Wildman–Crippen MR) is 117 cm³/mol. The number of piperidine rings is 1. The number of aromatic nitrogens is 4. The molecule has 5 rings (SSSR count). The molecule has 3 heterocycles. The fraction of sp³-hybridized carbons (Fsp3) is 0.565. The molecule has 9 heteroatoms. The van der Waals surface area contributed by atoms with Gasteiger partial charge in [0.15, 0.2) is 0 Å². The van der Waals surface area contributed by atoms with Crippen LogP contribution in [0.1, 0.15) is 64.3 Å². The SMILES string of the molecule is CC(C)(C)OC(=O)N1CCC(c2nc(-c3ccc4cnn([C@H]5C[C@@H](O)C5)c4c3)no2)CC1. The molecular formula is C23H29N5O4. The Hall–Kier alpha value is -2.94. The smallest absolute Gasteiger partial charge is 0.410 e. The maximum atomic E-state index is 12.3. The van der Waals surface area contributed by atoms with Crippen LogP contribution in [-0.4, -0.2) is 60.8 Å². The molecule has 0 bridgehead atoms. The Morgan fingerprint density at radius 3 is 2.66 bits per heavy atom. The molecule has 0 unspecified atom stereocenters. The summed E-state index contributed by atoms with van der Waals surface area (Å²) in [7, 11) is 0. The van der Waals surface area contributed by atoms with Gasteiger partial charge in [-0.25, -0.2) is 4.79 Å². The van der Waals surface area contributed by atoms with Gasteiger partial charge in [-0.2, -0.15) is 10.1 Å². The number of likely N-dealkylation sites (tertiary alicyclic amines) is 1. The summed E-state index contributed by atoms with van der Waals surface area (Å²) in [5.41, 5.74) is 1.39. The van der Waals surface area contributed by atoms with Crippen molar-refractivity contribution in [1.82, 2.24) is 24.8 Å². The summed E-state index contributed by atoms with van der Waals surface area (Å²) in [5.74, 6) is 1.29. The van der Waals surface area contributed by atoms with E-state index in [-0.39, 0.29) is 24.2 Å². The molecule has 2 aromatic heterocycles. The van der Waals surface area contributed by atoms with Crippen molar-refractivity contribution in [2.24, 2.45) is 0 Å². The van der Waals surface area contributed by atoms with Crippen LogP contribution in [0, 0.1) is 0 Å². The highest BCUT2D eigenvalue weighted by atomic mass is 16.6. The van der Waals surface area contributed by atoms with Crippen LogP contribution in [0.4, 0.5) is 4.79 Å². The van der Waals surface area contributed by atoms with Crippen LogP contribution in [-0.2, 0) is 4.74 Å². The molecule has 1 saturated carbocycles. The molecule has 1 aliphatic heterocycles. The molecule has 32 heavy (non-hydrogen) atoms. The van der Waals surface area contributed by atoms with Gasteiger partial charge < -0.3 is 19.3 Å². The summed E-state index contributed by atoms with van der Waals surface area (Å²) in [6, 6.07) is 6.25. The quantitative estimate of drug-likeness (QED) is 0.660. The van der Waals surface area contributed by atoms with E-state index in [0.717, 1.165) is 42.1 Å². The molecule has 1 N–H and O–H groups in total. The third-order valence-electron chi connectivity index (χ3n) is 6.23. The zero-order valence-corrected chi connectivity index (χ0v) is 18.7. The van der Waals surface area contributed by atoms with Gasteiger partial charge in [0.25, 0.3) is 0 Å². The molecule has 9 nitrogen and oxygen atoms in total. The van der Waals surface area contributed by atoms with Gasteiger partial charge in [-0.05, 0) is 52.5 Å². The fourth-order valence-corrected chi connectivity index (χ4v) is 4.38. The summed E-state index contributed by atoms with van der Waals surface area (Å²) >= 11 is 0. The zero-order valence-electron chi connectivity index (χ0n) is 18.7.